The molecule has 2 aliphatic heterocycles. The van der Waals surface area contributed by atoms with Gasteiger partial charge in [0.2, 0.25) is 0 Å². The molecule has 5 nitrogen and oxygen atoms in total. The number of rotatable bonds is 3. The monoisotopic (exact) mass is 442 g/mol. The zero-order valence-corrected chi connectivity index (χ0v) is 17.7. The molecule has 7 heteroatoms. The van der Waals surface area contributed by atoms with Gasteiger partial charge in [-0.15, -0.1) is 0 Å². The van der Waals surface area contributed by atoms with E-state index in [9.17, 15) is 0 Å². The van der Waals surface area contributed by atoms with Crippen molar-refractivity contribution in [3.05, 3.63) is 53.0 Å². The first-order valence-corrected chi connectivity index (χ1v) is 10.5. The predicted octanol–water partition coefficient (Wildman–Crippen LogP) is 3.51. The van der Waals surface area contributed by atoms with E-state index in [1.54, 1.807) is 0 Å². The van der Waals surface area contributed by atoms with Crippen molar-refractivity contribution in [1.29, 1.82) is 0 Å². The van der Waals surface area contributed by atoms with Crippen LogP contribution >= 0.6 is 11.6 Å². The Hall–Kier alpha value is -1.68. The first kappa shape index (κ1) is 18.7. The zero-order valence-electron chi connectivity index (χ0n) is 15.0. The number of halogens is 1. The fourth-order valence-corrected chi connectivity index (χ4v) is 4.40. The molecule has 0 aliphatic carbocycles. The van der Waals surface area contributed by atoms with Crippen molar-refractivity contribution in [1.82, 2.24) is 14.9 Å². The Bertz CT molecular complexity index is 937. The van der Waals surface area contributed by atoms with E-state index in [0.29, 0.717) is 11.1 Å². The molecule has 1 unspecified atom stereocenters. The molecule has 0 saturated carbocycles. The second kappa shape index (κ2) is 8.13. The topological polar surface area (TPSA) is 50.6 Å². The predicted molar refractivity (Wildman–Crippen MR) is 110 cm³/mol. The fourth-order valence-electron chi connectivity index (χ4n) is 3.43. The molecule has 27 heavy (non-hydrogen) atoms. The Morgan fingerprint density at radius 3 is 2.81 bits per heavy atom. The van der Waals surface area contributed by atoms with Crippen molar-refractivity contribution in [3.63, 3.8) is 0 Å². The average molecular weight is 443 g/mol. The molecule has 2 aliphatic rings. The summed E-state index contributed by atoms with van der Waals surface area (Å²) in [7, 11) is 0. The molecule has 2 aromatic rings. The molecule has 1 fully saturated rings. The Labute approximate surface area is 172 Å². The van der Waals surface area contributed by atoms with Crippen LogP contribution in [0.1, 0.15) is 24.2 Å². The number of nitrogens with zero attached hydrogens (tertiary/aromatic N) is 4. The van der Waals surface area contributed by atoms with Gasteiger partial charge in [0.25, 0.3) is 0 Å². The van der Waals surface area contributed by atoms with Crippen molar-refractivity contribution in [2.24, 2.45) is 4.99 Å². The van der Waals surface area contributed by atoms with E-state index in [1.165, 1.54) is 0 Å². The van der Waals surface area contributed by atoms with Crippen molar-refractivity contribution >= 4 is 51.4 Å². The third-order valence-corrected chi connectivity index (χ3v) is 5.94. The van der Waals surface area contributed by atoms with Gasteiger partial charge in [0.05, 0.1) is 0 Å². The van der Waals surface area contributed by atoms with Crippen LogP contribution in [0.2, 0.25) is 5.02 Å². The molecule has 4 rings (SSSR count). The van der Waals surface area contributed by atoms with Crippen LogP contribution in [0, 0.1) is 6.92 Å². The van der Waals surface area contributed by atoms with Gasteiger partial charge in [-0.2, -0.15) is 0 Å². The van der Waals surface area contributed by atoms with Gasteiger partial charge in [0.1, 0.15) is 0 Å². The molecule has 2 radical (unpaired) electrons. The van der Waals surface area contributed by atoms with E-state index in [1.807, 2.05) is 43.5 Å². The molecule has 1 aromatic carbocycles. The third kappa shape index (κ3) is 4.11. The van der Waals surface area contributed by atoms with Crippen LogP contribution in [0.5, 0.6) is 0 Å². The number of benzene rings is 1. The Kier molecular flexibility index (Phi) is 5.63. The van der Waals surface area contributed by atoms with Gasteiger partial charge >= 0.3 is 173 Å². The van der Waals surface area contributed by atoms with E-state index in [4.69, 9.17) is 21.3 Å². The number of hydrogen-bond acceptors (Lipinski definition) is 5. The summed E-state index contributed by atoms with van der Waals surface area (Å²) in [6, 6.07) is 6.01. The van der Waals surface area contributed by atoms with Gasteiger partial charge in [-0.25, -0.2) is 0 Å². The van der Waals surface area contributed by atoms with Crippen LogP contribution in [0.4, 0.5) is 0 Å². The maximum atomic E-state index is 6.06. The van der Waals surface area contributed by atoms with Gasteiger partial charge in [-0.3, -0.25) is 0 Å². The quantitative estimate of drug-likeness (QED) is 0.683. The summed E-state index contributed by atoms with van der Waals surface area (Å²) in [5.41, 5.74) is 3.36. The summed E-state index contributed by atoms with van der Waals surface area (Å²) in [6.45, 7) is 3.57. The van der Waals surface area contributed by atoms with Crippen molar-refractivity contribution in [2.45, 2.75) is 30.6 Å². The standard InChI is InChI=1S/C20H20AsClN4O/c1-13-16(25-17-3-2-14(22)12-18(17)24-13)4-5-20-23-9-6-19(21)26(20)15-7-10-27-11-8-15/h2-6,9,12,15,19H,7-8,10-11H2,1H3/b5-4+. The summed E-state index contributed by atoms with van der Waals surface area (Å²) in [5.74, 6) is 0.951. The summed E-state index contributed by atoms with van der Waals surface area (Å²) in [6.07, 6.45) is 10.1. The number of fused-ring (bicyclic) bond motifs is 1. The number of hydrogen-bond donors (Lipinski definition) is 0. The molecule has 138 valence electrons. The zero-order chi connectivity index (χ0) is 18.8. The van der Waals surface area contributed by atoms with Crippen LogP contribution in [0.25, 0.3) is 17.1 Å². The second-order valence-electron chi connectivity index (χ2n) is 6.65. The van der Waals surface area contributed by atoms with Crippen molar-refractivity contribution < 1.29 is 4.74 Å². The van der Waals surface area contributed by atoms with E-state index in [2.05, 4.69) is 37.8 Å². The number of aryl methyl sites for hydroxylation is 1. The molecule has 1 saturated heterocycles. The molecule has 0 N–H and O–H groups in total. The van der Waals surface area contributed by atoms with Crippen LogP contribution in [-0.2, 0) is 4.74 Å². The van der Waals surface area contributed by atoms with E-state index in [-0.39, 0.29) is 4.83 Å². The Morgan fingerprint density at radius 1 is 1.19 bits per heavy atom. The molecular weight excluding hydrogens is 423 g/mol. The van der Waals surface area contributed by atoms with Crippen LogP contribution in [0.3, 0.4) is 0 Å². The number of ether oxygens (including phenoxy) is 1. The van der Waals surface area contributed by atoms with Gasteiger partial charge in [0.15, 0.2) is 0 Å². The van der Waals surface area contributed by atoms with E-state index in [0.717, 1.165) is 54.3 Å². The van der Waals surface area contributed by atoms with E-state index < -0.39 is 0 Å². The Balaban J connectivity index is 1.63. The molecule has 0 spiro atoms. The van der Waals surface area contributed by atoms with Gasteiger partial charge in [-0.1, -0.05) is 0 Å². The number of amidine groups is 1. The molecular formula is C20H20AsClN4O. The molecule has 1 atom stereocenters. The van der Waals surface area contributed by atoms with Crippen LogP contribution in [0.15, 0.2) is 41.5 Å². The SMILES string of the molecule is Cc1nc2cc(Cl)ccc2nc1/C=C/C1=NC=CC([As])N1C1CCOCC1. The first-order valence-electron chi connectivity index (χ1n) is 9.02. The van der Waals surface area contributed by atoms with Gasteiger partial charge in [-0.05, 0) is 0 Å². The second-order valence-corrected chi connectivity index (χ2v) is 8.20. The summed E-state index contributed by atoms with van der Waals surface area (Å²) in [5, 5.41) is 0.669. The van der Waals surface area contributed by atoms with Crippen molar-refractivity contribution in [2.75, 3.05) is 13.2 Å². The molecule has 1 aromatic heterocycles. The minimum atomic E-state index is 0.253. The van der Waals surface area contributed by atoms with Crippen LogP contribution in [-0.4, -0.2) is 61.6 Å². The first-order chi connectivity index (χ1) is 13.1. The summed E-state index contributed by atoms with van der Waals surface area (Å²) < 4.78 is 5.52. The number of aromatic nitrogens is 2. The summed E-state index contributed by atoms with van der Waals surface area (Å²) in [4.78, 5) is 16.6. The average Bonchev–Trinajstić information content (AvgIpc) is 2.67. The fraction of sp³-hybridized carbons (Fsp3) is 0.350. The molecule has 0 bridgehead atoms. The molecule has 3 heterocycles. The minimum absolute atomic E-state index is 0.253. The van der Waals surface area contributed by atoms with E-state index >= 15 is 0 Å². The van der Waals surface area contributed by atoms with Gasteiger partial charge < -0.3 is 0 Å². The van der Waals surface area contributed by atoms with Crippen LogP contribution < -0.4 is 0 Å². The third-order valence-electron chi connectivity index (χ3n) is 4.83. The Morgan fingerprint density at radius 2 is 2.00 bits per heavy atom. The molecule has 0 amide bonds. The maximum absolute atomic E-state index is 6.06. The normalized spacial score (nSPS) is 21.2. The summed E-state index contributed by atoms with van der Waals surface area (Å²) >= 11 is 8.78. The van der Waals surface area contributed by atoms with Crippen molar-refractivity contribution in [3.8, 4) is 0 Å². The van der Waals surface area contributed by atoms with Gasteiger partial charge in [0, 0.05) is 0 Å². The number of aliphatic imine (C=N–C) groups is 1.